The van der Waals surface area contributed by atoms with Crippen molar-refractivity contribution in [3.05, 3.63) is 10.6 Å². The Morgan fingerprint density at radius 2 is 2.06 bits per heavy atom. The fourth-order valence-corrected chi connectivity index (χ4v) is 2.34. The molecule has 1 heterocycles. The summed E-state index contributed by atoms with van der Waals surface area (Å²) in [7, 11) is 0. The average molecular weight is 268 g/mol. The average Bonchev–Trinajstić information content (AvgIpc) is 2.66. The number of rotatable bonds is 5. The van der Waals surface area contributed by atoms with Crippen LogP contribution in [0.3, 0.4) is 0 Å². The first kappa shape index (κ1) is 14.3. The van der Waals surface area contributed by atoms with E-state index in [1.54, 1.807) is 0 Å². The number of hydrogen-bond acceptors (Lipinski definition) is 5. The molecule has 0 saturated carbocycles. The largest absolute Gasteiger partial charge is 0.389 e. The summed E-state index contributed by atoms with van der Waals surface area (Å²) in [6.07, 6.45) is -5.16. The molecule has 0 bridgehead atoms. The van der Waals surface area contributed by atoms with Crippen LogP contribution in [-0.2, 0) is 0 Å². The molecule has 0 aliphatic carbocycles. The Bertz CT molecular complexity index is 350. The van der Waals surface area contributed by atoms with E-state index < -0.39 is 18.6 Å². The minimum absolute atomic E-state index is 0.108. The van der Waals surface area contributed by atoms with Gasteiger partial charge < -0.3 is 0 Å². The van der Waals surface area contributed by atoms with Crippen LogP contribution in [0.4, 0.5) is 13.2 Å². The molecule has 1 aromatic rings. The van der Waals surface area contributed by atoms with Crippen molar-refractivity contribution >= 4 is 11.5 Å². The van der Waals surface area contributed by atoms with E-state index in [4.69, 9.17) is 5.84 Å². The molecule has 0 aromatic carbocycles. The lowest BCUT2D eigenvalue weighted by Crippen LogP contribution is -2.29. The van der Waals surface area contributed by atoms with Crippen LogP contribution in [0.2, 0.25) is 0 Å². The predicted molar refractivity (Wildman–Crippen MR) is 59.4 cm³/mol. The molecule has 1 rings (SSSR count). The lowest BCUT2D eigenvalue weighted by molar-refractivity contribution is -0.136. The van der Waals surface area contributed by atoms with E-state index in [-0.39, 0.29) is 12.3 Å². The molecule has 1 aromatic heterocycles. The number of halogens is 3. The second-order valence-corrected chi connectivity index (χ2v) is 4.84. The Balaban J connectivity index is 2.76. The van der Waals surface area contributed by atoms with Gasteiger partial charge in [0.1, 0.15) is 0 Å². The number of nitrogens with one attached hydrogen (secondary N) is 1. The van der Waals surface area contributed by atoms with Crippen LogP contribution in [0.5, 0.6) is 0 Å². The van der Waals surface area contributed by atoms with Crippen molar-refractivity contribution in [2.45, 2.75) is 44.8 Å². The molecule has 98 valence electrons. The summed E-state index contributed by atoms with van der Waals surface area (Å²) in [5.41, 5.74) is 3.11. The molecule has 0 saturated heterocycles. The molecule has 0 fully saturated rings. The molecule has 0 aliphatic heterocycles. The van der Waals surface area contributed by atoms with E-state index in [0.29, 0.717) is 10.6 Å². The lowest BCUT2D eigenvalue weighted by atomic mass is 10.0. The summed E-state index contributed by atoms with van der Waals surface area (Å²) < 4.78 is 40.2. The number of aromatic nitrogens is 2. The summed E-state index contributed by atoms with van der Waals surface area (Å²) in [6.45, 7) is 3.83. The van der Waals surface area contributed by atoms with Crippen molar-refractivity contribution in [1.82, 2.24) is 15.0 Å². The highest BCUT2D eigenvalue weighted by molar-refractivity contribution is 7.05. The maximum atomic E-state index is 12.2. The third-order valence-electron chi connectivity index (χ3n) is 2.32. The van der Waals surface area contributed by atoms with E-state index in [2.05, 4.69) is 15.0 Å². The van der Waals surface area contributed by atoms with Gasteiger partial charge in [0.15, 0.2) is 0 Å². The van der Waals surface area contributed by atoms with Crippen molar-refractivity contribution in [2.24, 2.45) is 5.84 Å². The Kier molecular flexibility index (Phi) is 4.84. The maximum absolute atomic E-state index is 12.2. The molecule has 17 heavy (non-hydrogen) atoms. The zero-order chi connectivity index (χ0) is 13.1. The first-order valence-electron chi connectivity index (χ1n) is 5.20. The molecule has 0 radical (unpaired) electrons. The summed E-state index contributed by atoms with van der Waals surface area (Å²) in [4.78, 5) is 0.687. The van der Waals surface area contributed by atoms with E-state index >= 15 is 0 Å². The normalized spacial score (nSPS) is 14.3. The first-order valence-corrected chi connectivity index (χ1v) is 5.97. The second-order valence-electron chi connectivity index (χ2n) is 4.05. The maximum Gasteiger partial charge on any atom is 0.389 e. The van der Waals surface area contributed by atoms with Crippen molar-refractivity contribution in [3.63, 3.8) is 0 Å². The standard InChI is InChI=1S/C9H15F3N4S/c1-5(2)7-8(17-16-15-7)6(14-13)3-4-9(10,11)12/h5-6,14H,3-4,13H2,1-2H3. The van der Waals surface area contributed by atoms with Gasteiger partial charge in [-0.1, -0.05) is 18.3 Å². The zero-order valence-corrected chi connectivity index (χ0v) is 10.4. The summed E-state index contributed by atoms with van der Waals surface area (Å²) in [6, 6.07) is -0.547. The highest BCUT2D eigenvalue weighted by atomic mass is 32.1. The van der Waals surface area contributed by atoms with Crippen LogP contribution < -0.4 is 11.3 Å². The molecule has 3 N–H and O–H groups in total. The van der Waals surface area contributed by atoms with Gasteiger partial charge in [-0.05, 0) is 23.9 Å². The number of hydrogen-bond donors (Lipinski definition) is 2. The lowest BCUT2D eigenvalue weighted by Gasteiger charge is -2.16. The molecular formula is C9H15F3N4S. The fourth-order valence-electron chi connectivity index (χ4n) is 1.44. The van der Waals surface area contributed by atoms with Crippen molar-refractivity contribution in [1.29, 1.82) is 0 Å². The van der Waals surface area contributed by atoms with Crippen LogP contribution in [-0.4, -0.2) is 15.8 Å². The number of alkyl halides is 3. The fraction of sp³-hybridized carbons (Fsp3) is 0.778. The van der Waals surface area contributed by atoms with Crippen LogP contribution in [0, 0.1) is 0 Å². The Morgan fingerprint density at radius 1 is 1.41 bits per heavy atom. The topological polar surface area (TPSA) is 63.8 Å². The Labute approximate surface area is 102 Å². The minimum atomic E-state index is -4.18. The van der Waals surface area contributed by atoms with E-state index in [1.165, 1.54) is 0 Å². The van der Waals surface area contributed by atoms with Crippen molar-refractivity contribution in [3.8, 4) is 0 Å². The SMILES string of the molecule is CC(C)c1nnsc1C(CCC(F)(F)F)NN. The highest BCUT2D eigenvalue weighted by Crippen LogP contribution is 2.31. The number of nitrogens with zero attached hydrogens (tertiary/aromatic N) is 2. The van der Waals surface area contributed by atoms with Crippen LogP contribution in [0.25, 0.3) is 0 Å². The van der Waals surface area contributed by atoms with E-state index in [9.17, 15) is 13.2 Å². The molecule has 1 unspecified atom stereocenters. The third kappa shape index (κ3) is 4.21. The Hall–Kier alpha value is -0.730. The van der Waals surface area contributed by atoms with Gasteiger partial charge in [-0.25, -0.2) is 0 Å². The van der Waals surface area contributed by atoms with Gasteiger partial charge in [0.2, 0.25) is 0 Å². The van der Waals surface area contributed by atoms with E-state index in [1.807, 2.05) is 13.8 Å². The van der Waals surface area contributed by atoms with E-state index in [0.717, 1.165) is 11.5 Å². The van der Waals surface area contributed by atoms with Gasteiger partial charge in [0, 0.05) is 6.42 Å². The molecule has 0 amide bonds. The smallest absolute Gasteiger partial charge is 0.271 e. The second kappa shape index (κ2) is 5.74. The third-order valence-corrected chi connectivity index (χ3v) is 3.17. The van der Waals surface area contributed by atoms with Gasteiger partial charge in [-0.3, -0.25) is 11.3 Å². The number of nitrogens with two attached hydrogens (primary N) is 1. The van der Waals surface area contributed by atoms with Crippen LogP contribution in [0.1, 0.15) is 49.2 Å². The molecule has 8 heteroatoms. The van der Waals surface area contributed by atoms with Gasteiger partial charge in [-0.15, -0.1) is 5.10 Å². The first-order chi connectivity index (χ1) is 7.85. The number of hydrazine groups is 1. The van der Waals surface area contributed by atoms with Crippen LogP contribution in [0.15, 0.2) is 0 Å². The van der Waals surface area contributed by atoms with Crippen molar-refractivity contribution in [2.75, 3.05) is 0 Å². The van der Waals surface area contributed by atoms with Gasteiger partial charge in [0.25, 0.3) is 0 Å². The van der Waals surface area contributed by atoms with Gasteiger partial charge in [-0.2, -0.15) is 13.2 Å². The molecule has 1 atom stereocenters. The Morgan fingerprint density at radius 3 is 2.53 bits per heavy atom. The van der Waals surface area contributed by atoms with Gasteiger partial charge in [0.05, 0.1) is 16.6 Å². The highest BCUT2D eigenvalue weighted by Gasteiger charge is 2.30. The monoisotopic (exact) mass is 268 g/mol. The zero-order valence-electron chi connectivity index (χ0n) is 9.58. The molecule has 0 spiro atoms. The summed E-state index contributed by atoms with van der Waals surface area (Å²) in [5.74, 6) is 5.41. The molecule has 0 aliphatic rings. The van der Waals surface area contributed by atoms with Gasteiger partial charge >= 0.3 is 6.18 Å². The summed E-state index contributed by atoms with van der Waals surface area (Å²) in [5, 5.41) is 3.92. The molecule has 4 nitrogen and oxygen atoms in total. The quantitative estimate of drug-likeness (QED) is 0.636. The summed E-state index contributed by atoms with van der Waals surface area (Å²) >= 11 is 1.09. The van der Waals surface area contributed by atoms with Crippen molar-refractivity contribution < 1.29 is 13.2 Å². The predicted octanol–water partition coefficient (Wildman–Crippen LogP) is 2.51. The molecular weight excluding hydrogens is 253 g/mol. The van der Waals surface area contributed by atoms with Crippen LogP contribution >= 0.6 is 11.5 Å². The minimum Gasteiger partial charge on any atom is -0.271 e.